The van der Waals surface area contributed by atoms with Crippen LogP contribution in [0.15, 0.2) is 18.8 Å². The largest absolute Gasteiger partial charge is 0.477 e. The molecule has 1 aromatic heterocycles. The Bertz CT molecular complexity index is 435. The second kappa shape index (κ2) is 6.74. The molecule has 0 spiro atoms. The maximum atomic E-state index is 5.97. The van der Waals surface area contributed by atoms with Crippen LogP contribution >= 0.6 is 0 Å². The Labute approximate surface area is 117 Å². The van der Waals surface area contributed by atoms with Gasteiger partial charge >= 0.3 is 0 Å². The van der Waals surface area contributed by atoms with Crippen LogP contribution in [0.2, 0.25) is 0 Å². The van der Waals surface area contributed by atoms with Gasteiger partial charge in [-0.25, -0.2) is 4.98 Å². The molecule has 0 radical (unpaired) electrons. The zero-order valence-electron chi connectivity index (χ0n) is 13.0. The van der Waals surface area contributed by atoms with Gasteiger partial charge in [0.05, 0.1) is 6.61 Å². The summed E-state index contributed by atoms with van der Waals surface area (Å²) in [6, 6.07) is 2.07. The zero-order chi connectivity index (χ0) is 14.5. The average molecular weight is 261 g/mol. The number of hydrogen-bond acceptors (Lipinski definition) is 2. The van der Waals surface area contributed by atoms with E-state index in [-0.39, 0.29) is 5.41 Å². The van der Waals surface area contributed by atoms with Crippen LogP contribution in [0.3, 0.4) is 0 Å². The fourth-order valence-electron chi connectivity index (χ4n) is 1.89. The molecule has 0 N–H and O–H groups in total. The molecule has 0 fully saturated rings. The Hall–Kier alpha value is -1.31. The Morgan fingerprint density at radius 1 is 1.37 bits per heavy atom. The van der Waals surface area contributed by atoms with Crippen LogP contribution in [-0.4, -0.2) is 11.6 Å². The number of aryl methyl sites for hydroxylation is 1. The smallest absolute Gasteiger partial charge is 0.221 e. The van der Waals surface area contributed by atoms with Gasteiger partial charge in [0.25, 0.3) is 0 Å². The van der Waals surface area contributed by atoms with Crippen molar-refractivity contribution in [2.75, 3.05) is 6.61 Å². The monoisotopic (exact) mass is 261 g/mol. The highest BCUT2D eigenvalue weighted by Crippen LogP contribution is 2.29. The lowest BCUT2D eigenvalue weighted by Gasteiger charge is -2.23. The van der Waals surface area contributed by atoms with Crippen LogP contribution in [0, 0.1) is 5.41 Å². The van der Waals surface area contributed by atoms with E-state index < -0.39 is 0 Å². The molecule has 0 saturated carbocycles. The Morgan fingerprint density at radius 2 is 2.05 bits per heavy atom. The Morgan fingerprint density at radius 3 is 2.58 bits per heavy atom. The maximum absolute atomic E-state index is 5.97. The highest BCUT2D eigenvalue weighted by atomic mass is 16.5. The summed E-state index contributed by atoms with van der Waals surface area (Å²) in [4.78, 5) is 4.40. The number of hydrogen-bond donors (Lipinski definition) is 0. The van der Waals surface area contributed by atoms with E-state index in [4.69, 9.17) is 4.74 Å². The van der Waals surface area contributed by atoms with Gasteiger partial charge in [-0.1, -0.05) is 40.7 Å². The van der Waals surface area contributed by atoms with E-state index in [1.165, 1.54) is 5.56 Å². The molecule has 19 heavy (non-hydrogen) atoms. The van der Waals surface area contributed by atoms with E-state index in [0.29, 0.717) is 6.61 Å². The van der Waals surface area contributed by atoms with Crippen LogP contribution in [0.1, 0.15) is 58.6 Å². The lowest BCUT2D eigenvalue weighted by Crippen LogP contribution is -2.21. The fraction of sp³-hybridized carbons (Fsp3) is 0.588. The van der Waals surface area contributed by atoms with E-state index in [1.54, 1.807) is 0 Å². The molecule has 0 aromatic carbocycles. The fourth-order valence-corrected chi connectivity index (χ4v) is 1.89. The van der Waals surface area contributed by atoms with Gasteiger partial charge in [0, 0.05) is 11.8 Å². The quantitative estimate of drug-likeness (QED) is 0.697. The average Bonchev–Trinajstić information content (AvgIpc) is 2.36. The molecule has 2 nitrogen and oxygen atoms in total. The van der Waals surface area contributed by atoms with E-state index in [1.807, 2.05) is 13.1 Å². The first kappa shape index (κ1) is 15.7. The first-order chi connectivity index (χ1) is 8.91. The number of nitrogens with zero attached hydrogens (tertiary/aromatic N) is 1. The summed E-state index contributed by atoms with van der Waals surface area (Å²) in [6.07, 6.45) is 5.08. The van der Waals surface area contributed by atoms with Gasteiger partial charge in [-0.2, -0.15) is 0 Å². The minimum atomic E-state index is 0.175. The van der Waals surface area contributed by atoms with Crippen molar-refractivity contribution in [1.82, 2.24) is 4.98 Å². The van der Waals surface area contributed by atoms with Gasteiger partial charge in [-0.05, 0) is 42.4 Å². The highest BCUT2D eigenvalue weighted by Gasteiger charge is 2.18. The third kappa shape index (κ3) is 4.38. The minimum Gasteiger partial charge on any atom is -0.477 e. The van der Waals surface area contributed by atoms with Gasteiger partial charge in [0.2, 0.25) is 5.88 Å². The van der Waals surface area contributed by atoms with E-state index in [2.05, 4.69) is 45.3 Å². The molecule has 0 aliphatic rings. The van der Waals surface area contributed by atoms with Crippen molar-refractivity contribution >= 4 is 5.57 Å². The number of allylic oxidation sites excluding steroid dienone is 1. The van der Waals surface area contributed by atoms with Crippen molar-refractivity contribution in [3.8, 4) is 5.88 Å². The Kier molecular flexibility index (Phi) is 5.59. The summed E-state index contributed by atoms with van der Waals surface area (Å²) >= 11 is 0. The van der Waals surface area contributed by atoms with E-state index >= 15 is 0 Å². The molecular weight excluding hydrogens is 234 g/mol. The molecule has 0 aliphatic heterocycles. The zero-order valence-corrected chi connectivity index (χ0v) is 13.0. The van der Waals surface area contributed by atoms with Crippen LogP contribution in [0.25, 0.3) is 5.57 Å². The molecule has 1 heterocycles. The second-order valence-electron chi connectivity index (χ2n) is 5.99. The predicted molar refractivity (Wildman–Crippen MR) is 82.5 cm³/mol. The third-order valence-corrected chi connectivity index (χ3v) is 3.51. The summed E-state index contributed by atoms with van der Waals surface area (Å²) in [5, 5.41) is 0. The van der Waals surface area contributed by atoms with Crippen molar-refractivity contribution in [3.63, 3.8) is 0 Å². The van der Waals surface area contributed by atoms with Gasteiger partial charge in [0.15, 0.2) is 0 Å². The van der Waals surface area contributed by atoms with Crippen LogP contribution in [-0.2, 0) is 6.42 Å². The number of rotatable bonds is 7. The standard InChI is InChI=1S/C17H27NO/c1-7-9-14-10-11-18-16(15(14)13(3)4)19-12-17(5,6)8-2/h10-11H,3,7-9,12H2,1-2,4-6H3. The van der Waals surface area contributed by atoms with Crippen molar-refractivity contribution in [3.05, 3.63) is 30.0 Å². The summed E-state index contributed by atoms with van der Waals surface area (Å²) < 4.78 is 5.97. The van der Waals surface area contributed by atoms with Crippen molar-refractivity contribution < 1.29 is 4.74 Å². The molecule has 0 aliphatic carbocycles. The molecule has 2 heteroatoms. The number of ether oxygens (including phenoxy) is 1. The van der Waals surface area contributed by atoms with Gasteiger partial charge in [-0.3, -0.25) is 0 Å². The minimum absolute atomic E-state index is 0.175. The molecule has 0 atom stereocenters. The molecule has 106 valence electrons. The van der Waals surface area contributed by atoms with Crippen molar-refractivity contribution in [2.24, 2.45) is 5.41 Å². The van der Waals surface area contributed by atoms with Gasteiger partial charge in [-0.15, -0.1) is 0 Å². The van der Waals surface area contributed by atoms with Gasteiger partial charge < -0.3 is 4.74 Å². The Balaban J connectivity index is 3.00. The topological polar surface area (TPSA) is 22.1 Å². The number of aromatic nitrogens is 1. The van der Waals surface area contributed by atoms with Crippen molar-refractivity contribution in [2.45, 2.75) is 53.9 Å². The normalized spacial score (nSPS) is 11.4. The lowest BCUT2D eigenvalue weighted by molar-refractivity contribution is 0.169. The summed E-state index contributed by atoms with van der Waals surface area (Å²) in [5.74, 6) is 0.736. The molecule has 1 rings (SSSR count). The maximum Gasteiger partial charge on any atom is 0.221 e. The first-order valence-electron chi connectivity index (χ1n) is 7.18. The molecule has 0 unspecified atom stereocenters. The summed E-state index contributed by atoms with van der Waals surface area (Å²) in [7, 11) is 0. The molecule has 1 aromatic rings. The second-order valence-corrected chi connectivity index (χ2v) is 5.99. The van der Waals surface area contributed by atoms with Crippen LogP contribution in [0.4, 0.5) is 0 Å². The summed E-state index contributed by atoms with van der Waals surface area (Å²) in [6.45, 7) is 15.6. The van der Waals surface area contributed by atoms with Crippen molar-refractivity contribution in [1.29, 1.82) is 0 Å². The van der Waals surface area contributed by atoms with E-state index in [9.17, 15) is 0 Å². The SMILES string of the molecule is C=C(C)c1c(CCC)ccnc1OCC(C)(C)CC. The molecule has 0 amide bonds. The number of pyridine rings is 1. The van der Waals surface area contributed by atoms with Crippen LogP contribution in [0.5, 0.6) is 5.88 Å². The first-order valence-corrected chi connectivity index (χ1v) is 7.18. The lowest BCUT2D eigenvalue weighted by atomic mass is 9.92. The van der Waals surface area contributed by atoms with Crippen LogP contribution < -0.4 is 4.74 Å². The van der Waals surface area contributed by atoms with Gasteiger partial charge in [0.1, 0.15) is 0 Å². The predicted octanol–water partition coefficient (Wildman–Crippen LogP) is 4.88. The van der Waals surface area contributed by atoms with E-state index in [0.717, 1.165) is 36.3 Å². The molecular formula is C17H27NO. The highest BCUT2D eigenvalue weighted by molar-refractivity contribution is 5.68. The summed E-state index contributed by atoms with van der Waals surface area (Å²) in [5.41, 5.74) is 3.58. The molecule has 0 bridgehead atoms. The third-order valence-electron chi connectivity index (χ3n) is 3.51. The molecule has 0 saturated heterocycles.